The van der Waals surface area contributed by atoms with Crippen molar-refractivity contribution >= 4 is 131 Å². The van der Waals surface area contributed by atoms with Gasteiger partial charge in [0.25, 0.3) is 0 Å². The maximum absolute atomic E-state index is 10.1. The number of benzene rings is 15. The number of rotatable bonds is 8. The van der Waals surface area contributed by atoms with Crippen LogP contribution in [0.4, 0.5) is 34.1 Å². The standard InChI is InChI=1S/C99H73N5S/c1-98(2,3)67-45-50-86-80(56-67)81-57-68(99(4,5)6)46-51-87(81)103(86)88-42-24-36-76-77-37-25-43-89(97(77)105-96(76)88)104-90-55-64(61-26-10-7-11-27-61)44-48-78(90)94-79-49-47-69(100-82-38-20-16-32-72(82)73-33-17-21-39-83(73)100)58-91(79)102(70-53-65(62-28-12-8-13-29-62)52-66(54-70)63-30-14-9-15-31-63)92-59-71(60-93(104)95(92)94)101-84-40-22-18-34-74(84)75-35-19-23-41-85(75)101/h7-60,94H,1-6H3/i7D,10D,11D,16D,17D,18D,19D,20D,21D,22D,23D,26D,27D,32D,33D,34D,35D,38D,39D,40D,41D. The Hall–Kier alpha value is -12.5. The van der Waals surface area contributed by atoms with Gasteiger partial charge in [-0.3, -0.25) is 0 Å². The van der Waals surface area contributed by atoms with E-state index in [1.807, 2.05) is 126 Å². The Labute approximate surface area is 644 Å². The summed E-state index contributed by atoms with van der Waals surface area (Å²) in [4.78, 5) is 4.11. The van der Waals surface area contributed by atoms with Crippen LogP contribution in [0, 0.1) is 0 Å². The second kappa shape index (κ2) is 23.0. The zero-order chi connectivity index (χ0) is 88.4. The molecule has 0 N–H and O–H groups in total. The Bertz CT molecular complexity index is 7850. The van der Waals surface area contributed by atoms with Crippen molar-refractivity contribution in [1.29, 1.82) is 0 Å². The number of anilines is 6. The molecule has 0 amide bonds. The topological polar surface area (TPSA) is 21.3 Å². The van der Waals surface area contributed by atoms with Crippen molar-refractivity contribution in [2.45, 2.75) is 58.3 Å². The Morgan fingerprint density at radius 2 is 0.733 bits per heavy atom. The van der Waals surface area contributed by atoms with Gasteiger partial charge in [0, 0.05) is 65.9 Å². The molecule has 6 heteroatoms. The van der Waals surface area contributed by atoms with Crippen LogP contribution in [0.15, 0.2) is 327 Å². The average molecular weight is 1390 g/mol. The lowest BCUT2D eigenvalue weighted by molar-refractivity contribution is 0.590. The molecule has 0 radical (unpaired) electrons. The molecule has 0 saturated heterocycles. The minimum absolute atomic E-state index is 0.104. The predicted molar refractivity (Wildman–Crippen MR) is 446 cm³/mol. The summed E-state index contributed by atoms with van der Waals surface area (Å²) >= 11 is 1.56. The second-order valence-corrected chi connectivity index (χ2v) is 30.3. The van der Waals surface area contributed by atoms with Crippen molar-refractivity contribution in [1.82, 2.24) is 13.7 Å². The van der Waals surface area contributed by atoms with Gasteiger partial charge in [0.15, 0.2) is 0 Å². The average Bonchev–Trinajstić information content (AvgIpc) is 1.40. The third kappa shape index (κ3) is 9.39. The van der Waals surface area contributed by atoms with Crippen LogP contribution >= 0.6 is 11.3 Å². The van der Waals surface area contributed by atoms with Gasteiger partial charge >= 0.3 is 0 Å². The van der Waals surface area contributed by atoms with Gasteiger partial charge in [0.2, 0.25) is 0 Å². The van der Waals surface area contributed by atoms with Crippen molar-refractivity contribution in [3.8, 4) is 50.4 Å². The molecule has 0 fully saturated rings. The fraction of sp³-hybridized carbons (Fsp3) is 0.0909. The first kappa shape index (κ1) is 43.5. The highest BCUT2D eigenvalue weighted by Crippen LogP contribution is 2.63. The molecular weight excluding hydrogens is 1290 g/mol. The van der Waals surface area contributed by atoms with Crippen molar-refractivity contribution < 1.29 is 28.8 Å². The summed E-state index contributed by atoms with van der Waals surface area (Å²) in [7, 11) is 0. The van der Waals surface area contributed by atoms with E-state index in [1.165, 1.54) is 20.3 Å². The zero-order valence-electron chi connectivity index (χ0n) is 78.8. The summed E-state index contributed by atoms with van der Waals surface area (Å²) < 4.78 is 206. The van der Waals surface area contributed by atoms with Crippen LogP contribution in [-0.4, -0.2) is 13.7 Å². The van der Waals surface area contributed by atoms with E-state index in [-0.39, 0.29) is 76.9 Å². The van der Waals surface area contributed by atoms with E-state index in [0.717, 1.165) is 69.9 Å². The summed E-state index contributed by atoms with van der Waals surface area (Å²) in [6.45, 7) is 13.3. The molecule has 0 aliphatic carbocycles. The molecule has 0 spiro atoms. The van der Waals surface area contributed by atoms with E-state index in [9.17, 15) is 24.7 Å². The molecule has 1 unspecified atom stereocenters. The number of thiophene rings is 1. The highest BCUT2D eigenvalue weighted by atomic mass is 32.1. The van der Waals surface area contributed by atoms with Crippen LogP contribution in [0.2, 0.25) is 0 Å². The van der Waals surface area contributed by atoms with Crippen molar-refractivity contribution in [3.63, 3.8) is 0 Å². The van der Waals surface area contributed by atoms with E-state index in [0.29, 0.717) is 50.8 Å². The second-order valence-electron chi connectivity index (χ2n) is 29.3. The van der Waals surface area contributed by atoms with E-state index >= 15 is 0 Å². The Morgan fingerprint density at radius 1 is 0.276 bits per heavy atom. The van der Waals surface area contributed by atoms with Crippen LogP contribution < -0.4 is 9.80 Å². The van der Waals surface area contributed by atoms with Crippen LogP contribution in [0.3, 0.4) is 0 Å². The van der Waals surface area contributed by atoms with Crippen LogP contribution in [0.25, 0.3) is 136 Å². The Kier molecular flexibility index (Phi) is 9.53. The number of aromatic nitrogens is 3. The molecule has 0 bridgehead atoms. The van der Waals surface area contributed by atoms with E-state index in [1.54, 1.807) is 23.5 Å². The van der Waals surface area contributed by atoms with Gasteiger partial charge in [-0.1, -0.05) is 260 Å². The molecule has 15 aromatic carbocycles. The smallest absolute Gasteiger partial charge is 0.0645 e. The normalized spacial score (nSPS) is 16.5. The zero-order valence-corrected chi connectivity index (χ0v) is 58.6. The largest absolute Gasteiger partial charge is 0.310 e. The van der Waals surface area contributed by atoms with Gasteiger partial charge < -0.3 is 23.5 Å². The highest BCUT2D eigenvalue weighted by Gasteiger charge is 2.43. The number of nitrogens with zero attached hydrogens (tertiary/aromatic N) is 5. The van der Waals surface area contributed by atoms with Crippen LogP contribution in [0.5, 0.6) is 0 Å². The highest BCUT2D eigenvalue weighted by molar-refractivity contribution is 7.26. The van der Waals surface area contributed by atoms with Gasteiger partial charge in [-0.2, -0.15) is 0 Å². The molecule has 21 rings (SSSR count). The van der Waals surface area contributed by atoms with Gasteiger partial charge in [0.1, 0.15) is 0 Å². The molecule has 500 valence electrons. The lowest BCUT2D eigenvalue weighted by atomic mass is 9.75. The van der Waals surface area contributed by atoms with E-state index in [4.69, 9.17) is 4.11 Å². The lowest BCUT2D eigenvalue weighted by Crippen LogP contribution is -2.30. The summed E-state index contributed by atoms with van der Waals surface area (Å²) in [6.07, 6.45) is 0. The molecule has 4 aromatic heterocycles. The number of hydrogen-bond acceptors (Lipinski definition) is 3. The van der Waals surface area contributed by atoms with E-state index < -0.39 is 133 Å². The van der Waals surface area contributed by atoms with Crippen molar-refractivity contribution in [3.05, 3.63) is 355 Å². The van der Waals surface area contributed by atoms with Gasteiger partial charge in [-0.05, 0) is 176 Å². The van der Waals surface area contributed by atoms with Gasteiger partial charge in [-0.25, -0.2) is 0 Å². The maximum Gasteiger partial charge on any atom is 0.0645 e. The minimum atomic E-state index is -0.947. The number of para-hydroxylation sites is 4. The first-order valence-electron chi connectivity index (χ1n) is 45.5. The minimum Gasteiger partial charge on any atom is -0.310 e. The Morgan fingerprint density at radius 3 is 1.27 bits per heavy atom. The summed E-state index contributed by atoms with van der Waals surface area (Å²) in [5.41, 5.74) is 12.2. The fourth-order valence-electron chi connectivity index (χ4n) is 16.4. The van der Waals surface area contributed by atoms with Crippen LogP contribution in [-0.2, 0) is 10.8 Å². The quantitative estimate of drug-likeness (QED) is 0.151. The molecular formula is C99H73N5S. The molecule has 0 saturated carbocycles. The first-order chi connectivity index (χ1) is 60.1. The lowest BCUT2D eigenvalue weighted by Gasteiger charge is -2.46. The molecule has 5 nitrogen and oxygen atoms in total. The molecule has 19 aromatic rings. The first-order valence-corrected chi connectivity index (χ1v) is 35.8. The molecule has 2 aliphatic heterocycles. The van der Waals surface area contributed by atoms with Gasteiger partial charge in [-0.15, -0.1) is 11.3 Å². The van der Waals surface area contributed by atoms with Gasteiger partial charge in [0.05, 0.1) is 111 Å². The van der Waals surface area contributed by atoms with Crippen molar-refractivity contribution in [2.75, 3.05) is 9.80 Å². The number of hydrogen-bond donors (Lipinski definition) is 0. The SMILES string of the molecule is [2H]c1c([2H])c([2H])c(-c2ccc3c(c2)N(c2cccc4c2sc2c(-n5c6ccc(C(C)(C)C)cc6c6cc(C(C)(C)C)ccc65)cccc24)c2cc(-n4c5c([2H])c([2H])c([2H])c([2H])c5c5c([2H])c([2H])c([2H])c([2H])c54)cc4c2C3c2ccc(-n3c5c([2H])c([2H])c([2H])c([2H])c5c5c([2H])c([2H])c([2H])c([2H])c53)cc2N4c2cc(-c3ccccc3)cc(-c3ccccc3)c2)c([2H])c1[2H]. The van der Waals surface area contributed by atoms with Crippen LogP contribution in [0.1, 0.15) is 104 Å². The third-order valence-electron chi connectivity index (χ3n) is 21.3. The summed E-state index contributed by atoms with van der Waals surface area (Å²) in [5, 5.41) is 3.25. The summed E-state index contributed by atoms with van der Waals surface area (Å²) in [5.74, 6) is -0.947. The maximum atomic E-state index is 10.1. The monoisotopic (exact) mass is 1380 g/mol. The van der Waals surface area contributed by atoms with E-state index in [2.05, 4.69) is 118 Å². The third-order valence-corrected chi connectivity index (χ3v) is 22.5. The fourth-order valence-corrected chi connectivity index (χ4v) is 17.7. The Balaban J connectivity index is 0.954. The summed E-state index contributed by atoms with van der Waals surface area (Å²) in [6, 6.07) is 53.9. The molecule has 2 aliphatic rings. The molecule has 6 heterocycles. The molecule has 1 atom stereocenters. The molecule has 105 heavy (non-hydrogen) atoms. The predicted octanol–water partition coefficient (Wildman–Crippen LogP) is 27.7. The number of fused-ring (bicyclic) bond motifs is 16. The van der Waals surface area contributed by atoms with Crippen molar-refractivity contribution in [2.24, 2.45) is 0 Å².